The molecule has 0 bridgehead atoms. The molecule has 1 atom stereocenters. The van der Waals surface area contributed by atoms with Gasteiger partial charge in [0.2, 0.25) is 0 Å². The average Bonchev–Trinajstić information content (AvgIpc) is 2.56. The van der Waals surface area contributed by atoms with E-state index in [9.17, 15) is 4.79 Å². The number of nitrogens with zero attached hydrogens (tertiary/aromatic N) is 2. The third-order valence-corrected chi connectivity index (χ3v) is 3.48. The lowest BCUT2D eigenvalue weighted by atomic mass is 10.2. The van der Waals surface area contributed by atoms with Gasteiger partial charge in [-0.1, -0.05) is 6.07 Å². The first-order chi connectivity index (χ1) is 11.7. The first kappa shape index (κ1) is 15.9. The van der Waals surface area contributed by atoms with Gasteiger partial charge in [-0.15, -0.1) is 0 Å². The second-order valence-electron chi connectivity index (χ2n) is 5.47. The maximum Gasteiger partial charge on any atom is 0.259 e. The Labute approximate surface area is 139 Å². The summed E-state index contributed by atoms with van der Waals surface area (Å²) in [4.78, 5) is 23.7. The van der Waals surface area contributed by atoms with Crippen LogP contribution in [0.25, 0.3) is 10.8 Å². The number of hydrogen-bond donors (Lipinski definition) is 3. The van der Waals surface area contributed by atoms with Crippen LogP contribution in [0.5, 0.6) is 0 Å². The molecule has 7 nitrogen and oxygen atoms in total. The van der Waals surface area contributed by atoms with Gasteiger partial charge in [0, 0.05) is 25.5 Å². The molecular formula is C17H19N5O2. The summed E-state index contributed by atoms with van der Waals surface area (Å²) in [6.07, 6.45) is 3.32. The molecule has 3 N–H and O–H groups in total. The van der Waals surface area contributed by atoms with E-state index < -0.39 is 0 Å². The van der Waals surface area contributed by atoms with Crippen LogP contribution in [0, 0.1) is 0 Å². The number of hydrogen-bond acceptors (Lipinski definition) is 6. The number of H-pyrrole nitrogens is 1. The van der Waals surface area contributed by atoms with E-state index in [-0.39, 0.29) is 11.6 Å². The van der Waals surface area contributed by atoms with Crippen LogP contribution in [0.4, 0.5) is 17.5 Å². The fraction of sp³-hybridized carbons (Fsp3) is 0.235. The average molecular weight is 325 g/mol. The van der Waals surface area contributed by atoms with Crippen LogP contribution < -0.4 is 16.2 Å². The minimum Gasteiger partial charge on any atom is -0.383 e. The second-order valence-corrected chi connectivity index (χ2v) is 5.47. The van der Waals surface area contributed by atoms with E-state index in [2.05, 4.69) is 25.6 Å². The number of nitrogens with one attached hydrogen (secondary N) is 3. The second kappa shape index (κ2) is 7.10. The first-order valence-corrected chi connectivity index (χ1v) is 7.63. The van der Waals surface area contributed by atoms with E-state index in [4.69, 9.17) is 4.74 Å². The van der Waals surface area contributed by atoms with Crippen molar-refractivity contribution in [2.24, 2.45) is 0 Å². The minimum atomic E-state index is -0.184. The predicted molar refractivity (Wildman–Crippen MR) is 94.8 cm³/mol. The lowest BCUT2D eigenvalue weighted by Crippen LogP contribution is -2.23. The molecule has 0 aliphatic carbocycles. The van der Waals surface area contributed by atoms with Crippen LogP contribution in [0.2, 0.25) is 0 Å². The van der Waals surface area contributed by atoms with E-state index in [0.29, 0.717) is 29.4 Å². The molecule has 0 saturated carbocycles. The van der Waals surface area contributed by atoms with E-state index in [1.165, 1.54) is 0 Å². The van der Waals surface area contributed by atoms with E-state index in [1.54, 1.807) is 19.5 Å². The molecule has 3 heterocycles. The van der Waals surface area contributed by atoms with E-state index >= 15 is 0 Å². The molecule has 3 rings (SSSR count). The molecule has 7 heteroatoms. The van der Waals surface area contributed by atoms with Crippen molar-refractivity contribution in [2.75, 3.05) is 24.4 Å². The first-order valence-electron chi connectivity index (χ1n) is 7.63. The molecule has 0 amide bonds. The van der Waals surface area contributed by atoms with Crippen LogP contribution in [-0.4, -0.2) is 34.7 Å². The monoisotopic (exact) mass is 325 g/mol. The number of ether oxygens (including phenoxy) is 1. The zero-order valence-corrected chi connectivity index (χ0v) is 13.5. The summed E-state index contributed by atoms with van der Waals surface area (Å²) in [5, 5.41) is 7.70. The van der Waals surface area contributed by atoms with Gasteiger partial charge in [0.15, 0.2) is 0 Å². The van der Waals surface area contributed by atoms with Crippen molar-refractivity contribution < 1.29 is 4.74 Å². The minimum absolute atomic E-state index is 0.00964. The van der Waals surface area contributed by atoms with Crippen molar-refractivity contribution in [3.05, 3.63) is 53.1 Å². The lowest BCUT2D eigenvalue weighted by Gasteiger charge is -2.16. The lowest BCUT2D eigenvalue weighted by molar-refractivity contribution is 0.190. The highest BCUT2D eigenvalue weighted by atomic mass is 16.5. The van der Waals surface area contributed by atoms with Crippen molar-refractivity contribution in [3.63, 3.8) is 0 Å². The Morgan fingerprint density at radius 2 is 2.17 bits per heavy atom. The summed E-state index contributed by atoms with van der Waals surface area (Å²) in [5.74, 6) is 1.81. The number of anilines is 3. The Hall–Kier alpha value is -2.93. The fourth-order valence-corrected chi connectivity index (χ4v) is 2.48. The summed E-state index contributed by atoms with van der Waals surface area (Å²) >= 11 is 0. The molecule has 0 radical (unpaired) electrons. The Morgan fingerprint density at radius 1 is 1.29 bits per heavy atom. The number of rotatable bonds is 6. The van der Waals surface area contributed by atoms with Crippen LogP contribution in [-0.2, 0) is 4.74 Å². The van der Waals surface area contributed by atoms with Gasteiger partial charge in [-0.25, -0.2) is 9.97 Å². The molecule has 0 fully saturated rings. The van der Waals surface area contributed by atoms with Gasteiger partial charge in [-0.2, -0.15) is 0 Å². The van der Waals surface area contributed by atoms with Crippen LogP contribution in [0.15, 0.2) is 47.5 Å². The Morgan fingerprint density at radius 3 is 2.92 bits per heavy atom. The molecular weight excluding hydrogens is 306 g/mol. The zero-order valence-electron chi connectivity index (χ0n) is 13.5. The normalized spacial score (nSPS) is 12.1. The molecule has 0 aromatic carbocycles. The quantitative estimate of drug-likeness (QED) is 0.645. The largest absolute Gasteiger partial charge is 0.383 e. The third kappa shape index (κ3) is 3.52. The molecule has 124 valence electrons. The molecule has 0 aliphatic heterocycles. The fourth-order valence-electron chi connectivity index (χ4n) is 2.48. The number of methoxy groups -OCH3 is 1. The van der Waals surface area contributed by atoms with E-state index in [1.807, 2.05) is 37.3 Å². The number of aromatic nitrogens is 3. The van der Waals surface area contributed by atoms with Gasteiger partial charge in [-0.05, 0) is 36.6 Å². The van der Waals surface area contributed by atoms with E-state index in [0.717, 1.165) is 5.39 Å². The summed E-state index contributed by atoms with van der Waals surface area (Å²) in [6.45, 7) is 2.47. The van der Waals surface area contributed by atoms with Gasteiger partial charge in [-0.3, -0.25) is 4.79 Å². The van der Waals surface area contributed by atoms with Crippen LogP contribution in [0.1, 0.15) is 6.92 Å². The molecule has 0 saturated heterocycles. The predicted octanol–water partition coefficient (Wildman–Crippen LogP) is 2.51. The van der Waals surface area contributed by atoms with Gasteiger partial charge >= 0.3 is 0 Å². The number of pyridine rings is 3. The standard InChI is InChI=1S/C17H19N5O2/c1-11(10-24-2)20-16-15-12(6-8-19-17(15)23)9-14(22-16)21-13-5-3-4-7-18-13/h3-9,11H,10H2,1-2H3,(H,19,23)(H2,18,20,21,22). The van der Waals surface area contributed by atoms with Gasteiger partial charge < -0.3 is 20.4 Å². The summed E-state index contributed by atoms with van der Waals surface area (Å²) < 4.78 is 5.14. The highest BCUT2D eigenvalue weighted by Crippen LogP contribution is 2.23. The van der Waals surface area contributed by atoms with Crippen LogP contribution in [0.3, 0.4) is 0 Å². The summed E-state index contributed by atoms with van der Waals surface area (Å²) in [7, 11) is 1.63. The van der Waals surface area contributed by atoms with Crippen molar-refractivity contribution >= 4 is 28.2 Å². The van der Waals surface area contributed by atoms with Crippen molar-refractivity contribution in [3.8, 4) is 0 Å². The maximum absolute atomic E-state index is 12.2. The molecule has 0 aliphatic rings. The molecule has 3 aromatic rings. The third-order valence-electron chi connectivity index (χ3n) is 3.48. The summed E-state index contributed by atoms with van der Waals surface area (Å²) in [5.41, 5.74) is -0.184. The van der Waals surface area contributed by atoms with Gasteiger partial charge in [0.1, 0.15) is 17.5 Å². The SMILES string of the molecule is COCC(C)Nc1nc(Nc2ccccn2)cc2cc[nH]c(=O)c12. The highest BCUT2D eigenvalue weighted by Gasteiger charge is 2.12. The number of aromatic amines is 1. The molecule has 3 aromatic heterocycles. The number of fused-ring (bicyclic) bond motifs is 1. The Balaban J connectivity index is 2.04. The maximum atomic E-state index is 12.2. The Kier molecular flexibility index (Phi) is 4.72. The zero-order chi connectivity index (χ0) is 16.9. The van der Waals surface area contributed by atoms with Gasteiger partial charge in [0.05, 0.1) is 12.0 Å². The molecule has 0 spiro atoms. The molecule has 1 unspecified atom stereocenters. The van der Waals surface area contributed by atoms with Crippen molar-refractivity contribution in [1.29, 1.82) is 0 Å². The van der Waals surface area contributed by atoms with Crippen LogP contribution >= 0.6 is 0 Å². The topological polar surface area (TPSA) is 91.9 Å². The van der Waals surface area contributed by atoms with Crippen molar-refractivity contribution in [1.82, 2.24) is 15.0 Å². The van der Waals surface area contributed by atoms with Gasteiger partial charge in [0.25, 0.3) is 5.56 Å². The smallest absolute Gasteiger partial charge is 0.259 e. The summed E-state index contributed by atoms with van der Waals surface area (Å²) in [6, 6.07) is 9.26. The Bertz CT molecular complexity index is 879. The molecule has 24 heavy (non-hydrogen) atoms. The van der Waals surface area contributed by atoms with Crippen molar-refractivity contribution in [2.45, 2.75) is 13.0 Å². The highest BCUT2D eigenvalue weighted by molar-refractivity contribution is 5.93.